The summed E-state index contributed by atoms with van der Waals surface area (Å²) in [5.74, 6) is 0. The van der Waals surface area contributed by atoms with Gasteiger partial charge >= 0.3 is 0 Å². The van der Waals surface area contributed by atoms with Crippen LogP contribution in [0.4, 0.5) is 0 Å². The van der Waals surface area contributed by atoms with Crippen molar-refractivity contribution < 1.29 is 0 Å². The first-order valence-corrected chi connectivity index (χ1v) is 8.23. The van der Waals surface area contributed by atoms with Crippen LogP contribution in [0, 0.1) is 0 Å². The molecule has 0 bridgehead atoms. The van der Waals surface area contributed by atoms with Crippen molar-refractivity contribution in [1.82, 2.24) is 5.32 Å². The summed E-state index contributed by atoms with van der Waals surface area (Å²) in [5.41, 5.74) is 0. The first kappa shape index (κ1) is 17.7. The number of rotatable bonds is 14. The predicted molar refractivity (Wildman–Crippen MR) is 84.1 cm³/mol. The van der Waals surface area contributed by atoms with E-state index in [9.17, 15) is 0 Å². The Labute approximate surface area is 115 Å². The maximum absolute atomic E-state index is 3.54. The molecule has 0 aromatic rings. The lowest BCUT2D eigenvalue weighted by molar-refractivity contribution is 0.548. The molecule has 0 fully saturated rings. The summed E-state index contributed by atoms with van der Waals surface area (Å²) < 4.78 is 0. The third-order valence-corrected chi connectivity index (χ3v) is 3.42. The highest BCUT2D eigenvalue weighted by molar-refractivity contribution is 4.76. The molecule has 0 amide bonds. The Balaban J connectivity index is 2.90. The van der Waals surface area contributed by atoms with E-state index < -0.39 is 0 Å². The van der Waals surface area contributed by atoms with E-state index in [1.165, 1.54) is 83.7 Å². The van der Waals surface area contributed by atoms with Gasteiger partial charge < -0.3 is 5.32 Å². The van der Waals surface area contributed by atoms with Gasteiger partial charge in [-0.3, -0.25) is 0 Å². The van der Waals surface area contributed by atoms with Crippen LogP contribution in [0.1, 0.15) is 84.5 Å². The first-order chi connectivity index (χ1) is 8.91. The van der Waals surface area contributed by atoms with E-state index in [0.29, 0.717) is 0 Å². The second-order valence-corrected chi connectivity index (χ2v) is 5.29. The van der Waals surface area contributed by atoms with E-state index in [-0.39, 0.29) is 0 Å². The van der Waals surface area contributed by atoms with Crippen LogP contribution in [0.3, 0.4) is 0 Å². The molecule has 0 unspecified atom stereocenters. The quantitative estimate of drug-likeness (QED) is 0.320. The van der Waals surface area contributed by atoms with Crippen molar-refractivity contribution in [2.24, 2.45) is 0 Å². The fraction of sp³-hybridized carbons (Fsp3) is 0.882. The monoisotopic (exact) mass is 253 g/mol. The van der Waals surface area contributed by atoms with Crippen LogP contribution in [0.5, 0.6) is 0 Å². The minimum Gasteiger partial charge on any atom is -0.317 e. The minimum atomic E-state index is 1.22. The number of nitrogens with one attached hydrogen (secondary N) is 1. The fourth-order valence-corrected chi connectivity index (χ4v) is 2.19. The molecule has 1 nitrogen and oxygen atoms in total. The van der Waals surface area contributed by atoms with Crippen LogP contribution >= 0.6 is 0 Å². The van der Waals surface area contributed by atoms with Crippen molar-refractivity contribution in [2.75, 3.05) is 13.1 Å². The Morgan fingerprint density at radius 3 is 1.89 bits per heavy atom. The highest BCUT2D eigenvalue weighted by Crippen LogP contribution is 2.08. The standard InChI is InChI=1S/C17H35N/c1-3-5-7-8-9-10-11-12-13-15-17-18-16-14-6-4-2/h3,5,18H,4,6-17H2,1-2H3/b5-3-. The lowest BCUT2D eigenvalue weighted by Gasteiger charge is -2.04. The number of allylic oxidation sites excluding steroid dienone is 2. The van der Waals surface area contributed by atoms with Crippen LogP contribution in [0.25, 0.3) is 0 Å². The zero-order chi connectivity index (χ0) is 13.3. The van der Waals surface area contributed by atoms with Gasteiger partial charge in [-0.25, -0.2) is 0 Å². The van der Waals surface area contributed by atoms with E-state index >= 15 is 0 Å². The zero-order valence-electron chi connectivity index (χ0n) is 12.8. The molecule has 1 heteroatoms. The van der Waals surface area contributed by atoms with Crippen molar-refractivity contribution >= 4 is 0 Å². The molecule has 0 spiro atoms. The zero-order valence-corrected chi connectivity index (χ0v) is 12.8. The largest absolute Gasteiger partial charge is 0.317 e. The molecule has 0 rings (SSSR count). The third kappa shape index (κ3) is 15.7. The molecule has 0 aromatic carbocycles. The molecule has 0 aliphatic heterocycles. The average molecular weight is 253 g/mol. The van der Waals surface area contributed by atoms with E-state index in [4.69, 9.17) is 0 Å². The van der Waals surface area contributed by atoms with Crippen LogP contribution in [0.15, 0.2) is 12.2 Å². The molecule has 0 heterocycles. The van der Waals surface area contributed by atoms with E-state index in [2.05, 4.69) is 31.3 Å². The van der Waals surface area contributed by atoms with Gasteiger partial charge in [-0.05, 0) is 45.7 Å². The molecular formula is C17H35N. The Morgan fingerprint density at radius 2 is 1.28 bits per heavy atom. The second-order valence-electron chi connectivity index (χ2n) is 5.29. The predicted octanol–water partition coefficient (Wildman–Crippen LogP) is 5.46. The molecule has 0 saturated heterocycles. The normalized spacial score (nSPS) is 11.4. The van der Waals surface area contributed by atoms with Crippen LogP contribution < -0.4 is 5.32 Å². The van der Waals surface area contributed by atoms with Gasteiger partial charge in [0.05, 0.1) is 0 Å². The van der Waals surface area contributed by atoms with E-state index in [1.807, 2.05) is 0 Å². The smallest absolute Gasteiger partial charge is 0.00489 e. The summed E-state index contributed by atoms with van der Waals surface area (Å²) in [7, 11) is 0. The van der Waals surface area contributed by atoms with Gasteiger partial charge in [0.25, 0.3) is 0 Å². The molecule has 0 aromatic heterocycles. The highest BCUT2D eigenvalue weighted by Gasteiger charge is 1.92. The summed E-state index contributed by atoms with van der Waals surface area (Å²) >= 11 is 0. The van der Waals surface area contributed by atoms with Crippen molar-refractivity contribution in [3.05, 3.63) is 12.2 Å². The van der Waals surface area contributed by atoms with Crippen molar-refractivity contribution in [2.45, 2.75) is 84.5 Å². The molecule has 0 aliphatic carbocycles. The first-order valence-electron chi connectivity index (χ1n) is 8.23. The van der Waals surface area contributed by atoms with E-state index in [0.717, 1.165) is 0 Å². The topological polar surface area (TPSA) is 12.0 Å². The molecule has 108 valence electrons. The molecule has 1 N–H and O–H groups in total. The summed E-state index contributed by atoms with van der Waals surface area (Å²) in [6.45, 7) is 6.82. The Kier molecular flexibility index (Phi) is 16.4. The summed E-state index contributed by atoms with van der Waals surface area (Å²) in [5, 5.41) is 3.54. The van der Waals surface area contributed by atoms with Crippen LogP contribution in [0.2, 0.25) is 0 Å². The average Bonchev–Trinajstić information content (AvgIpc) is 2.39. The van der Waals surface area contributed by atoms with Crippen molar-refractivity contribution in [3.63, 3.8) is 0 Å². The maximum Gasteiger partial charge on any atom is -0.00489 e. The van der Waals surface area contributed by atoms with Crippen molar-refractivity contribution in [3.8, 4) is 0 Å². The van der Waals surface area contributed by atoms with Crippen molar-refractivity contribution in [1.29, 1.82) is 0 Å². The number of unbranched alkanes of at least 4 members (excludes halogenated alkanes) is 9. The Morgan fingerprint density at radius 1 is 0.722 bits per heavy atom. The summed E-state index contributed by atoms with van der Waals surface area (Å²) in [6, 6.07) is 0. The Bertz CT molecular complexity index is 163. The molecule has 0 saturated carbocycles. The van der Waals surface area contributed by atoms with Gasteiger partial charge in [-0.2, -0.15) is 0 Å². The van der Waals surface area contributed by atoms with E-state index in [1.54, 1.807) is 0 Å². The van der Waals surface area contributed by atoms with Gasteiger partial charge in [-0.1, -0.05) is 64.0 Å². The van der Waals surface area contributed by atoms with Crippen LogP contribution in [-0.4, -0.2) is 13.1 Å². The number of hydrogen-bond donors (Lipinski definition) is 1. The fourth-order valence-electron chi connectivity index (χ4n) is 2.19. The molecule has 0 aliphatic rings. The van der Waals surface area contributed by atoms with Crippen LogP contribution in [-0.2, 0) is 0 Å². The molecule has 18 heavy (non-hydrogen) atoms. The van der Waals surface area contributed by atoms with Gasteiger partial charge in [-0.15, -0.1) is 0 Å². The van der Waals surface area contributed by atoms with Gasteiger partial charge in [0, 0.05) is 0 Å². The van der Waals surface area contributed by atoms with Gasteiger partial charge in [0.1, 0.15) is 0 Å². The highest BCUT2D eigenvalue weighted by atomic mass is 14.8. The lowest BCUT2D eigenvalue weighted by atomic mass is 10.1. The van der Waals surface area contributed by atoms with Gasteiger partial charge in [0.2, 0.25) is 0 Å². The maximum atomic E-state index is 3.54. The molecule has 0 atom stereocenters. The minimum absolute atomic E-state index is 1.22. The summed E-state index contributed by atoms with van der Waals surface area (Å²) in [4.78, 5) is 0. The number of hydrogen-bond acceptors (Lipinski definition) is 1. The summed E-state index contributed by atoms with van der Waals surface area (Å²) in [6.07, 6.45) is 19.6. The third-order valence-electron chi connectivity index (χ3n) is 3.42. The molecular weight excluding hydrogens is 218 g/mol. The molecule has 0 radical (unpaired) electrons. The van der Waals surface area contributed by atoms with Gasteiger partial charge in [0.15, 0.2) is 0 Å². The second kappa shape index (κ2) is 16.7. The SMILES string of the molecule is C/C=C\CCCCCCCCCNCCCCC. The Hall–Kier alpha value is -0.300. The lowest BCUT2D eigenvalue weighted by Crippen LogP contribution is -2.16.